The van der Waals surface area contributed by atoms with Gasteiger partial charge in [-0.25, -0.2) is 4.98 Å². The fourth-order valence-electron chi connectivity index (χ4n) is 2.69. The molecule has 102 valence electrons. The largest absolute Gasteiger partial charge is 0.354 e. The van der Waals surface area contributed by atoms with Crippen molar-refractivity contribution < 1.29 is 0 Å². The smallest absolute Gasteiger partial charge is 0.147 e. The van der Waals surface area contributed by atoms with E-state index in [0.717, 1.165) is 49.3 Å². The van der Waals surface area contributed by atoms with Gasteiger partial charge in [0.25, 0.3) is 0 Å². The van der Waals surface area contributed by atoms with E-state index < -0.39 is 0 Å². The van der Waals surface area contributed by atoms with Gasteiger partial charge >= 0.3 is 0 Å². The van der Waals surface area contributed by atoms with Crippen LogP contribution in [0.3, 0.4) is 0 Å². The highest BCUT2D eigenvalue weighted by molar-refractivity contribution is 5.83. The Labute approximate surface area is 119 Å². The van der Waals surface area contributed by atoms with Gasteiger partial charge in [0.15, 0.2) is 0 Å². The molecule has 2 heterocycles. The van der Waals surface area contributed by atoms with Crippen molar-refractivity contribution in [2.45, 2.75) is 6.42 Å². The summed E-state index contributed by atoms with van der Waals surface area (Å²) in [6.45, 7) is 4.01. The van der Waals surface area contributed by atoms with Gasteiger partial charge in [-0.05, 0) is 32.1 Å². The molecule has 1 aromatic carbocycles. The lowest BCUT2D eigenvalue weighted by atomic mass is 10.1. The number of likely N-dealkylation sites (N-methyl/N-ethyl adjacent to an activating group) is 1. The van der Waals surface area contributed by atoms with E-state index in [4.69, 9.17) is 4.98 Å². The van der Waals surface area contributed by atoms with E-state index in [0.29, 0.717) is 5.56 Å². The van der Waals surface area contributed by atoms with Crippen molar-refractivity contribution in [1.82, 2.24) is 9.88 Å². The molecule has 0 spiro atoms. The van der Waals surface area contributed by atoms with Crippen LogP contribution in [0.2, 0.25) is 0 Å². The highest BCUT2D eigenvalue weighted by Crippen LogP contribution is 2.23. The van der Waals surface area contributed by atoms with Crippen LogP contribution in [-0.4, -0.2) is 43.1 Å². The van der Waals surface area contributed by atoms with Gasteiger partial charge < -0.3 is 9.80 Å². The number of nitriles is 1. The average Bonchev–Trinajstić information content (AvgIpc) is 2.70. The van der Waals surface area contributed by atoms with E-state index in [1.54, 1.807) is 0 Å². The summed E-state index contributed by atoms with van der Waals surface area (Å²) in [6, 6.07) is 12.2. The van der Waals surface area contributed by atoms with E-state index in [9.17, 15) is 5.26 Å². The predicted molar refractivity (Wildman–Crippen MR) is 80.8 cm³/mol. The molecule has 1 saturated heterocycles. The molecule has 1 aliphatic heterocycles. The van der Waals surface area contributed by atoms with E-state index >= 15 is 0 Å². The molecule has 0 saturated carbocycles. The van der Waals surface area contributed by atoms with Crippen LogP contribution in [0.1, 0.15) is 12.0 Å². The van der Waals surface area contributed by atoms with Gasteiger partial charge in [0, 0.05) is 25.0 Å². The molecule has 4 heteroatoms. The van der Waals surface area contributed by atoms with Crippen LogP contribution in [0.5, 0.6) is 0 Å². The monoisotopic (exact) mass is 266 g/mol. The molecule has 0 amide bonds. The number of para-hydroxylation sites is 1. The number of aromatic nitrogens is 1. The Morgan fingerprint density at radius 2 is 2.00 bits per heavy atom. The number of benzene rings is 1. The molecule has 0 aliphatic carbocycles. The average molecular weight is 266 g/mol. The number of fused-ring (bicyclic) bond motifs is 1. The number of hydrogen-bond donors (Lipinski definition) is 0. The second kappa shape index (κ2) is 5.48. The van der Waals surface area contributed by atoms with Gasteiger partial charge in [0.1, 0.15) is 11.9 Å². The summed E-state index contributed by atoms with van der Waals surface area (Å²) in [4.78, 5) is 9.29. The lowest BCUT2D eigenvalue weighted by Crippen LogP contribution is -2.30. The maximum absolute atomic E-state index is 9.40. The van der Waals surface area contributed by atoms with Crippen molar-refractivity contribution in [1.29, 1.82) is 5.26 Å². The summed E-state index contributed by atoms with van der Waals surface area (Å²) < 4.78 is 0. The van der Waals surface area contributed by atoms with Gasteiger partial charge in [-0.15, -0.1) is 0 Å². The summed E-state index contributed by atoms with van der Waals surface area (Å²) in [5, 5.41) is 10.4. The number of pyridine rings is 1. The van der Waals surface area contributed by atoms with Crippen LogP contribution in [0, 0.1) is 11.3 Å². The van der Waals surface area contributed by atoms with Gasteiger partial charge in [-0.2, -0.15) is 5.26 Å². The van der Waals surface area contributed by atoms with Crippen molar-refractivity contribution >= 4 is 16.7 Å². The highest BCUT2D eigenvalue weighted by Gasteiger charge is 2.17. The molecule has 0 unspecified atom stereocenters. The zero-order valence-electron chi connectivity index (χ0n) is 11.7. The third kappa shape index (κ3) is 2.45. The molecule has 0 radical (unpaired) electrons. The number of anilines is 1. The molecular formula is C16H18N4. The molecule has 1 aromatic heterocycles. The SMILES string of the molecule is CN1CCCN(c2nc3ccccc3cc2C#N)CC1. The number of nitrogens with zero attached hydrogens (tertiary/aromatic N) is 4. The van der Waals surface area contributed by atoms with Crippen molar-refractivity contribution in [3.63, 3.8) is 0 Å². The molecule has 1 aliphatic rings. The third-order valence-corrected chi connectivity index (χ3v) is 3.84. The van der Waals surface area contributed by atoms with Crippen LogP contribution in [-0.2, 0) is 0 Å². The van der Waals surface area contributed by atoms with Crippen LogP contribution >= 0.6 is 0 Å². The second-order valence-electron chi connectivity index (χ2n) is 5.31. The Morgan fingerprint density at radius 3 is 2.85 bits per heavy atom. The summed E-state index contributed by atoms with van der Waals surface area (Å²) in [7, 11) is 2.14. The van der Waals surface area contributed by atoms with Crippen molar-refractivity contribution in [2.24, 2.45) is 0 Å². The molecule has 4 nitrogen and oxygen atoms in total. The van der Waals surface area contributed by atoms with Crippen molar-refractivity contribution in [3.8, 4) is 6.07 Å². The topological polar surface area (TPSA) is 43.2 Å². The minimum atomic E-state index is 0.674. The lowest BCUT2D eigenvalue weighted by molar-refractivity contribution is 0.360. The van der Waals surface area contributed by atoms with Crippen LogP contribution in [0.25, 0.3) is 10.9 Å². The molecule has 0 atom stereocenters. The zero-order valence-corrected chi connectivity index (χ0v) is 11.7. The first-order valence-corrected chi connectivity index (χ1v) is 7.01. The van der Waals surface area contributed by atoms with Gasteiger partial charge in [-0.1, -0.05) is 18.2 Å². The first kappa shape index (κ1) is 12.9. The Kier molecular flexibility index (Phi) is 3.53. The van der Waals surface area contributed by atoms with Crippen LogP contribution in [0.15, 0.2) is 30.3 Å². The molecule has 3 rings (SSSR count). The predicted octanol–water partition coefficient (Wildman–Crippen LogP) is 2.25. The van der Waals surface area contributed by atoms with E-state index in [-0.39, 0.29) is 0 Å². The van der Waals surface area contributed by atoms with Gasteiger partial charge in [0.2, 0.25) is 0 Å². The molecule has 20 heavy (non-hydrogen) atoms. The Morgan fingerprint density at radius 1 is 1.15 bits per heavy atom. The normalized spacial score (nSPS) is 16.9. The van der Waals surface area contributed by atoms with Crippen molar-refractivity contribution in [3.05, 3.63) is 35.9 Å². The second-order valence-corrected chi connectivity index (χ2v) is 5.31. The molecule has 1 fully saturated rings. The van der Waals surface area contributed by atoms with E-state index in [1.807, 2.05) is 30.3 Å². The highest BCUT2D eigenvalue weighted by atomic mass is 15.2. The first-order chi connectivity index (χ1) is 9.78. The van der Waals surface area contributed by atoms with Crippen LogP contribution in [0.4, 0.5) is 5.82 Å². The Hall–Kier alpha value is -2.12. The Balaban J connectivity index is 2.03. The molecular weight excluding hydrogens is 248 g/mol. The maximum atomic E-state index is 9.40. The molecule has 0 bridgehead atoms. The lowest BCUT2D eigenvalue weighted by Gasteiger charge is -2.23. The quantitative estimate of drug-likeness (QED) is 0.794. The van der Waals surface area contributed by atoms with E-state index in [1.165, 1.54) is 0 Å². The van der Waals surface area contributed by atoms with Crippen LogP contribution < -0.4 is 4.90 Å². The Bertz CT molecular complexity index is 659. The zero-order chi connectivity index (χ0) is 13.9. The summed E-state index contributed by atoms with van der Waals surface area (Å²) in [6.07, 6.45) is 1.11. The minimum Gasteiger partial charge on any atom is -0.354 e. The van der Waals surface area contributed by atoms with Gasteiger partial charge in [0.05, 0.1) is 11.1 Å². The maximum Gasteiger partial charge on any atom is 0.147 e. The standard InChI is InChI=1S/C16H18N4/c1-19-7-4-8-20(10-9-19)16-14(12-17)11-13-5-2-3-6-15(13)18-16/h2-3,5-6,11H,4,7-10H2,1H3. The van der Waals surface area contributed by atoms with E-state index in [2.05, 4.69) is 22.9 Å². The number of rotatable bonds is 1. The molecule has 0 N–H and O–H groups in total. The van der Waals surface area contributed by atoms with Gasteiger partial charge in [-0.3, -0.25) is 0 Å². The fraction of sp³-hybridized carbons (Fsp3) is 0.375. The fourth-order valence-corrected chi connectivity index (χ4v) is 2.69. The molecule has 2 aromatic rings. The summed E-state index contributed by atoms with van der Waals surface area (Å²) in [5.41, 5.74) is 1.63. The summed E-state index contributed by atoms with van der Waals surface area (Å²) >= 11 is 0. The summed E-state index contributed by atoms with van der Waals surface area (Å²) in [5.74, 6) is 0.835. The first-order valence-electron chi connectivity index (χ1n) is 7.01. The third-order valence-electron chi connectivity index (χ3n) is 3.84. The minimum absolute atomic E-state index is 0.674. The van der Waals surface area contributed by atoms with Crippen molar-refractivity contribution in [2.75, 3.05) is 38.1 Å². The number of hydrogen-bond acceptors (Lipinski definition) is 4.